The minimum atomic E-state index is -4.40. The molecule has 0 saturated carbocycles. The van der Waals surface area contributed by atoms with E-state index in [1.54, 1.807) is 4.90 Å². The molecule has 1 aliphatic heterocycles. The summed E-state index contributed by atoms with van der Waals surface area (Å²) in [6, 6.07) is 9.27. The molecule has 0 atom stereocenters. The maximum Gasteiger partial charge on any atom is 0.416 e. The van der Waals surface area contributed by atoms with Crippen LogP contribution in [0.4, 0.5) is 13.2 Å². The van der Waals surface area contributed by atoms with Crippen molar-refractivity contribution < 1.29 is 22.7 Å². The standard InChI is InChI=1S/C30H42F3N3O2/c1-22(2)34(5)15-6-7-21-38-28-13-10-25(23(3)24(28)4)14-16-35-17-19-36(20-18-35)29(37)26-8-11-27(12-9-26)30(31,32)33/h8-13,22H,6-7,14-21H2,1-5H3. The summed E-state index contributed by atoms with van der Waals surface area (Å²) in [5, 5.41) is 0. The lowest BCUT2D eigenvalue weighted by Gasteiger charge is -2.35. The molecule has 0 unspecified atom stereocenters. The Morgan fingerprint density at radius 2 is 1.63 bits per heavy atom. The highest BCUT2D eigenvalue weighted by molar-refractivity contribution is 5.94. The third-order valence-electron chi connectivity index (χ3n) is 7.71. The first-order chi connectivity index (χ1) is 18.0. The number of hydrogen-bond donors (Lipinski definition) is 0. The summed E-state index contributed by atoms with van der Waals surface area (Å²) in [6.45, 7) is 14.0. The van der Waals surface area contributed by atoms with Crippen LogP contribution < -0.4 is 4.74 Å². The Hall–Kier alpha value is -2.58. The Bertz CT molecular complexity index is 1050. The van der Waals surface area contributed by atoms with Crippen molar-refractivity contribution in [3.05, 3.63) is 64.2 Å². The van der Waals surface area contributed by atoms with Crippen LogP contribution >= 0.6 is 0 Å². The molecule has 0 radical (unpaired) electrons. The predicted octanol–water partition coefficient (Wildman–Crippen LogP) is 5.82. The number of carbonyl (C=O) groups excluding carboxylic acids is 1. The van der Waals surface area contributed by atoms with Crippen LogP contribution in [0.15, 0.2) is 36.4 Å². The van der Waals surface area contributed by atoms with Gasteiger partial charge in [0.1, 0.15) is 5.75 Å². The predicted molar refractivity (Wildman–Crippen MR) is 146 cm³/mol. The third-order valence-corrected chi connectivity index (χ3v) is 7.71. The van der Waals surface area contributed by atoms with Gasteiger partial charge in [-0.1, -0.05) is 6.07 Å². The molecule has 1 saturated heterocycles. The number of carbonyl (C=O) groups is 1. The van der Waals surface area contributed by atoms with Crippen molar-refractivity contribution in [2.75, 3.05) is 52.9 Å². The van der Waals surface area contributed by atoms with E-state index in [1.807, 2.05) is 0 Å². The maximum absolute atomic E-state index is 12.8. The van der Waals surface area contributed by atoms with Gasteiger partial charge >= 0.3 is 6.18 Å². The fraction of sp³-hybridized carbons (Fsp3) is 0.567. The highest BCUT2D eigenvalue weighted by Crippen LogP contribution is 2.29. The van der Waals surface area contributed by atoms with E-state index in [0.29, 0.717) is 24.7 Å². The Balaban J connectivity index is 1.43. The van der Waals surface area contributed by atoms with E-state index in [9.17, 15) is 18.0 Å². The van der Waals surface area contributed by atoms with E-state index in [1.165, 1.54) is 28.8 Å². The van der Waals surface area contributed by atoms with Crippen molar-refractivity contribution in [3.8, 4) is 5.75 Å². The number of halogens is 3. The second-order valence-electron chi connectivity index (χ2n) is 10.6. The second-order valence-corrected chi connectivity index (χ2v) is 10.6. The van der Waals surface area contributed by atoms with Gasteiger partial charge in [-0.25, -0.2) is 0 Å². The first-order valence-corrected chi connectivity index (χ1v) is 13.6. The van der Waals surface area contributed by atoms with Crippen LogP contribution in [0.5, 0.6) is 5.75 Å². The van der Waals surface area contributed by atoms with Crippen LogP contribution in [-0.4, -0.2) is 79.6 Å². The van der Waals surface area contributed by atoms with Crippen LogP contribution in [0.1, 0.15) is 59.3 Å². The zero-order valence-electron chi connectivity index (χ0n) is 23.4. The zero-order valence-corrected chi connectivity index (χ0v) is 23.4. The van der Waals surface area contributed by atoms with Gasteiger partial charge in [0.25, 0.3) is 5.91 Å². The fourth-order valence-corrected chi connectivity index (χ4v) is 4.62. The van der Waals surface area contributed by atoms with E-state index in [-0.39, 0.29) is 5.91 Å². The van der Waals surface area contributed by atoms with Crippen molar-refractivity contribution in [2.45, 2.75) is 59.2 Å². The topological polar surface area (TPSA) is 36.0 Å². The normalized spacial score (nSPS) is 14.9. The highest BCUT2D eigenvalue weighted by Gasteiger charge is 2.30. The Labute approximate surface area is 225 Å². The number of nitrogens with zero attached hydrogens (tertiary/aromatic N) is 3. The van der Waals surface area contributed by atoms with Gasteiger partial charge < -0.3 is 14.5 Å². The molecule has 1 aliphatic rings. The smallest absolute Gasteiger partial charge is 0.416 e. The number of amides is 1. The van der Waals surface area contributed by atoms with Crippen LogP contribution in [0, 0.1) is 13.8 Å². The summed E-state index contributed by atoms with van der Waals surface area (Å²) in [6.07, 6.45) is -1.33. The van der Waals surface area contributed by atoms with Gasteiger partial charge in [0.2, 0.25) is 0 Å². The summed E-state index contributed by atoms with van der Waals surface area (Å²) in [5.41, 5.74) is 3.31. The largest absolute Gasteiger partial charge is 0.493 e. The van der Waals surface area contributed by atoms with Gasteiger partial charge in [-0.2, -0.15) is 13.2 Å². The number of rotatable bonds is 11. The molecule has 0 spiro atoms. The van der Waals surface area contributed by atoms with Crippen LogP contribution in [0.25, 0.3) is 0 Å². The number of hydrogen-bond acceptors (Lipinski definition) is 4. The van der Waals surface area contributed by atoms with E-state index in [2.05, 4.69) is 56.7 Å². The number of benzene rings is 2. The average Bonchev–Trinajstić information content (AvgIpc) is 2.89. The van der Waals surface area contributed by atoms with Gasteiger partial charge in [-0.3, -0.25) is 9.69 Å². The molecule has 5 nitrogen and oxygen atoms in total. The Kier molecular flexibility index (Phi) is 10.6. The van der Waals surface area contributed by atoms with Gasteiger partial charge in [0.05, 0.1) is 12.2 Å². The van der Waals surface area contributed by atoms with Crippen molar-refractivity contribution in [1.82, 2.24) is 14.7 Å². The maximum atomic E-state index is 12.8. The summed E-state index contributed by atoms with van der Waals surface area (Å²) in [4.78, 5) is 19.2. The molecular weight excluding hydrogens is 491 g/mol. The number of piperazine rings is 1. The molecule has 0 aromatic heterocycles. The molecule has 1 amide bonds. The lowest BCUT2D eigenvalue weighted by atomic mass is 9.99. The Morgan fingerprint density at radius 3 is 2.24 bits per heavy atom. The molecule has 0 aliphatic carbocycles. The van der Waals surface area contributed by atoms with Gasteiger partial charge in [0, 0.05) is 44.3 Å². The molecule has 1 heterocycles. The number of ether oxygens (including phenoxy) is 1. The van der Waals surface area contributed by atoms with Crippen molar-refractivity contribution in [2.24, 2.45) is 0 Å². The minimum absolute atomic E-state index is 0.215. The summed E-state index contributed by atoms with van der Waals surface area (Å²) >= 11 is 0. The minimum Gasteiger partial charge on any atom is -0.493 e. The molecule has 38 heavy (non-hydrogen) atoms. The van der Waals surface area contributed by atoms with Gasteiger partial charge in [-0.15, -0.1) is 0 Å². The Morgan fingerprint density at radius 1 is 0.974 bits per heavy atom. The summed E-state index contributed by atoms with van der Waals surface area (Å²) in [7, 11) is 2.15. The number of alkyl halides is 3. The molecule has 3 rings (SSSR count). The molecule has 0 bridgehead atoms. The average molecular weight is 534 g/mol. The van der Waals surface area contributed by atoms with Crippen molar-refractivity contribution in [1.29, 1.82) is 0 Å². The molecule has 0 N–H and O–H groups in total. The van der Waals surface area contributed by atoms with Gasteiger partial charge in [0.15, 0.2) is 0 Å². The molecule has 2 aromatic rings. The van der Waals surface area contributed by atoms with Crippen molar-refractivity contribution >= 4 is 5.91 Å². The quantitative estimate of drug-likeness (QED) is 0.341. The van der Waals surface area contributed by atoms with E-state index in [4.69, 9.17) is 4.74 Å². The first kappa shape index (κ1) is 30.0. The van der Waals surface area contributed by atoms with Crippen LogP contribution in [-0.2, 0) is 12.6 Å². The van der Waals surface area contributed by atoms with Crippen LogP contribution in [0.3, 0.4) is 0 Å². The fourth-order valence-electron chi connectivity index (χ4n) is 4.62. The molecule has 210 valence electrons. The van der Waals surface area contributed by atoms with E-state index >= 15 is 0 Å². The SMILES string of the molecule is Cc1c(CCN2CCN(C(=O)c3ccc(C(F)(F)F)cc3)CC2)ccc(OCCCCN(C)C(C)C)c1C. The molecule has 8 heteroatoms. The number of unbranched alkanes of at least 4 members (excludes halogenated alkanes) is 1. The zero-order chi connectivity index (χ0) is 27.9. The lowest BCUT2D eigenvalue weighted by Crippen LogP contribution is -2.49. The lowest BCUT2D eigenvalue weighted by molar-refractivity contribution is -0.137. The summed E-state index contributed by atoms with van der Waals surface area (Å²) in [5.74, 6) is 0.742. The van der Waals surface area contributed by atoms with E-state index in [0.717, 1.165) is 69.9 Å². The first-order valence-electron chi connectivity index (χ1n) is 13.6. The van der Waals surface area contributed by atoms with Gasteiger partial charge in [-0.05, 0) is 108 Å². The summed E-state index contributed by atoms with van der Waals surface area (Å²) < 4.78 is 44.5. The van der Waals surface area contributed by atoms with Crippen molar-refractivity contribution in [3.63, 3.8) is 0 Å². The second kappa shape index (κ2) is 13.5. The highest BCUT2D eigenvalue weighted by atomic mass is 19.4. The molecular formula is C30H42F3N3O2. The van der Waals surface area contributed by atoms with E-state index < -0.39 is 11.7 Å². The monoisotopic (exact) mass is 533 g/mol. The molecule has 2 aromatic carbocycles. The van der Waals surface area contributed by atoms with Crippen LogP contribution in [0.2, 0.25) is 0 Å². The third kappa shape index (κ3) is 8.21. The molecule has 1 fully saturated rings.